The van der Waals surface area contributed by atoms with E-state index in [2.05, 4.69) is 35.0 Å². The summed E-state index contributed by atoms with van der Waals surface area (Å²) in [5.41, 5.74) is -0.204. The Hall–Kier alpha value is -1.13. The van der Waals surface area contributed by atoms with Gasteiger partial charge in [-0.2, -0.15) is 0 Å². The topological polar surface area (TPSA) is 38.3 Å². The minimum atomic E-state index is -0.204. The van der Waals surface area contributed by atoms with E-state index in [4.69, 9.17) is 4.74 Å². The summed E-state index contributed by atoms with van der Waals surface area (Å²) in [4.78, 5) is 13.8. The molecule has 0 aromatic carbocycles. The third kappa shape index (κ3) is 2.81. The van der Waals surface area contributed by atoms with E-state index in [1.807, 2.05) is 0 Å². The molecule has 0 radical (unpaired) electrons. The molecule has 20 heavy (non-hydrogen) atoms. The van der Waals surface area contributed by atoms with E-state index < -0.39 is 0 Å². The molecule has 0 spiro atoms. The summed E-state index contributed by atoms with van der Waals surface area (Å²) in [7, 11) is 0. The van der Waals surface area contributed by atoms with Crippen molar-refractivity contribution in [2.24, 2.45) is 5.92 Å². The molecule has 1 aromatic heterocycles. The third-order valence-electron chi connectivity index (χ3n) is 4.34. The van der Waals surface area contributed by atoms with Crippen molar-refractivity contribution in [2.45, 2.75) is 37.6 Å². The molecular formula is C16H21NO2S. The summed E-state index contributed by atoms with van der Waals surface area (Å²) in [6.07, 6.45) is 8.93. The van der Waals surface area contributed by atoms with Crippen molar-refractivity contribution in [1.29, 1.82) is 0 Å². The average molecular weight is 291 g/mol. The fraction of sp³-hybridized carbons (Fsp3) is 0.562. The van der Waals surface area contributed by atoms with E-state index in [1.165, 1.54) is 4.88 Å². The molecule has 0 bridgehead atoms. The highest BCUT2D eigenvalue weighted by Crippen LogP contribution is 2.35. The molecule has 1 saturated heterocycles. The number of thiophene rings is 1. The van der Waals surface area contributed by atoms with Crippen LogP contribution < -0.4 is 5.32 Å². The van der Waals surface area contributed by atoms with Crippen LogP contribution in [-0.2, 0) is 15.1 Å². The molecule has 2 heterocycles. The predicted octanol–water partition coefficient (Wildman–Crippen LogP) is 3.23. The molecule has 0 saturated carbocycles. The first kappa shape index (κ1) is 13.8. The Morgan fingerprint density at radius 3 is 2.85 bits per heavy atom. The van der Waals surface area contributed by atoms with Crippen molar-refractivity contribution in [1.82, 2.24) is 5.32 Å². The first-order valence-corrected chi connectivity index (χ1v) is 8.27. The molecule has 1 N–H and O–H groups in total. The minimum absolute atomic E-state index is 0.139. The summed E-state index contributed by atoms with van der Waals surface area (Å²) in [6.45, 7) is 1.45. The van der Waals surface area contributed by atoms with Gasteiger partial charge in [0.25, 0.3) is 0 Å². The van der Waals surface area contributed by atoms with E-state index in [-0.39, 0.29) is 17.4 Å². The summed E-state index contributed by atoms with van der Waals surface area (Å²) >= 11 is 1.73. The largest absolute Gasteiger partial charge is 0.381 e. The van der Waals surface area contributed by atoms with Crippen LogP contribution in [0, 0.1) is 5.92 Å². The number of nitrogens with one attached hydrogen (secondary N) is 1. The van der Waals surface area contributed by atoms with Gasteiger partial charge in [-0.3, -0.25) is 4.79 Å². The van der Waals surface area contributed by atoms with Gasteiger partial charge in [-0.05, 0) is 43.6 Å². The second-order valence-corrected chi connectivity index (χ2v) is 6.59. The molecule has 1 fully saturated rings. The summed E-state index contributed by atoms with van der Waals surface area (Å²) in [5.74, 6) is 0.351. The van der Waals surface area contributed by atoms with Gasteiger partial charge in [0.05, 0.1) is 5.54 Å². The van der Waals surface area contributed by atoms with Crippen LogP contribution in [0.1, 0.15) is 37.0 Å². The normalized spacial score (nSPS) is 25.3. The van der Waals surface area contributed by atoms with Gasteiger partial charge >= 0.3 is 0 Å². The highest BCUT2D eigenvalue weighted by atomic mass is 32.1. The zero-order chi connectivity index (χ0) is 13.8. The maximum atomic E-state index is 12.6. The van der Waals surface area contributed by atoms with Crippen LogP contribution >= 0.6 is 11.3 Å². The van der Waals surface area contributed by atoms with E-state index in [1.54, 1.807) is 11.3 Å². The van der Waals surface area contributed by atoms with Crippen LogP contribution in [0.2, 0.25) is 0 Å². The Morgan fingerprint density at radius 1 is 1.35 bits per heavy atom. The molecule has 4 heteroatoms. The number of hydrogen-bond acceptors (Lipinski definition) is 3. The molecule has 1 aliphatic heterocycles. The predicted molar refractivity (Wildman–Crippen MR) is 80.7 cm³/mol. The number of carbonyl (C=O) groups is 1. The van der Waals surface area contributed by atoms with Gasteiger partial charge in [0.15, 0.2) is 0 Å². The maximum Gasteiger partial charge on any atom is 0.224 e. The standard InChI is InChI=1S/C16H21NO2S/c18-15(13-5-2-1-3-6-13)17-16(8-10-19-11-9-16)14-7-4-12-20-14/h1-2,4,7,12-13H,3,5-6,8-11H2,(H,17,18). The van der Waals surface area contributed by atoms with Gasteiger partial charge in [0, 0.05) is 24.0 Å². The molecule has 108 valence electrons. The number of hydrogen-bond donors (Lipinski definition) is 1. The second kappa shape index (κ2) is 6.10. The lowest BCUT2D eigenvalue weighted by Crippen LogP contribution is -2.50. The Kier molecular flexibility index (Phi) is 4.22. The van der Waals surface area contributed by atoms with Crippen molar-refractivity contribution in [2.75, 3.05) is 13.2 Å². The van der Waals surface area contributed by atoms with Crippen molar-refractivity contribution in [3.8, 4) is 0 Å². The van der Waals surface area contributed by atoms with E-state index in [0.29, 0.717) is 0 Å². The highest BCUT2D eigenvalue weighted by molar-refractivity contribution is 7.10. The molecule has 1 amide bonds. The first-order valence-electron chi connectivity index (χ1n) is 7.39. The molecule has 3 nitrogen and oxygen atoms in total. The van der Waals surface area contributed by atoms with Crippen molar-refractivity contribution >= 4 is 17.2 Å². The lowest BCUT2D eigenvalue weighted by atomic mass is 9.86. The van der Waals surface area contributed by atoms with Crippen LogP contribution in [0.15, 0.2) is 29.7 Å². The number of allylic oxidation sites excluding steroid dienone is 2. The van der Waals surface area contributed by atoms with Crippen molar-refractivity contribution in [3.63, 3.8) is 0 Å². The Labute approximate surface area is 124 Å². The van der Waals surface area contributed by atoms with Crippen LogP contribution in [0.25, 0.3) is 0 Å². The van der Waals surface area contributed by atoms with E-state index >= 15 is 0 Å². The van der Waals surface area contributed by atoms with Gasteiger partial charge in [-0.15, -0.1) is 11.3 Å². The highest BCUT2D eigenvalue weighted by Gasteiger charge is 2.38. The molecular weight excluding hydrogens is 270 g/mol. The zero-order valence-electron chi connectivity index (χ0n) is 11.6. The van der Waals surface area contributed by atoms with Gasteiger partial charge in [0.1, 0.15) is 0 Å². The smallest absolute Gasteiger partial charge is 0.224 e. The Morgan fingerprint density at radius 2 is 2.20 bits per heavy atom. The molecule has 1 unspecified atom stereocenters. The molecule has 1 aliphatic carbocycles. The molecule has 3 rings (SSSR count). The summed E-state index contributed by atoms with van der Waals surface area (Å²) < 4.78 is 5.49. The lowest BCUT2D eigenvalue weighted by Gasteiger charge is -2.38. The zero-order valence-corrected chi connectivity index (χ0v) is 12.5. The number of carbonyl (C=O) groups excluding carboxylic acids is 1. The molecule has 1 atom stereocenters. The Bertz CT molecular complexity index is 475. The number of rotatable bonds is 3. The Balaban J connectivity index is 1.76. The SMILES string of the molecule is O=C(NC1(c2cccs2)CCOCC1)C1CC=CCC1. The number of ether oxygens (including phenoxy) is 1. The lowest BCUT2D eigenvalue weighted by molar-refractivity contribution is -0.128. The van der Waals surface area contributed by atoms with Gasteiger partial charge in [-0.1, -0.05) is 18.2 Å². The average Bonchev–Trinajstić information content (AvgIpc) is 3.04. The van der Waals surface area contributed by atoms with Crippen LogP contribution in [0.3, 0.4) is 0 Å². The molecule has 1 aromatic rings. The van der Waals surface area contributed by atoms with E-state index in [9.17, 15) is 4.79 Å². The fourth-order valence-electron chi connectivity index (χ4n) is 3.07. The fourth-order valence-corrected chi connectivity index (χ4v) is 4.01. The van der Waals surface area contributed by atoms with Gasteiger partial charge in [0.2, 0.25) is 5.91 Å². The van der Waals surface area contributed by atoms with E-state index in [0.717, 1.165) is 45.3 Å². The quantitative estimate of drug-likeness (QED) is 0.868. The van der Waals surface area contributed by atoms with Crippen molar-refractivity contribution in [3.05, 3.63) is 34.5 Å². The van der Waals surface area contributed by atoms with Gasteiger partial charge < -0.3 is 10.1 Å². The third-order valence-corrected chi connectivity index (χ3v) is 5.42. The summed E-state index contributed by atoms with van der Waals surface area (Å²) in [6, 6.07) is 4.20. The van der Waals surface area contributed by atoms with Gasteiger partial charge in [-0.25, -0.2) is 0 Å². The molecule has 2 aliphatic rings. The van der Waals surface area contributed by atoms with Crippen LogP contribution in [0.4, 0.5) is 0 Å². The van der Waals surface area contributed by atoms with Crippen molar-refractivity contribution < 1.29 is 9.53 Å². The van der Waals surface area contributed by atoms with Crippen LogP contribution in [-0.4, -0.2) is 19.1 Å². The van der Waals surface area contributed by atoms with Crippen LogP contribution in [0.5, 0.6) is 0 Å². The first-order chi connectivity index (χ1) is 9.80. The second-order valence-electron chi connectivity index (χ2n) is 5.64. The minimum Gasteiger partial charge on any atom is -0.381 e. The maximum absolute atomic E-state index is 12.6. The summed E-state index contributed by atoms with van der Waals surface area (Å²) in [5, 5.41) is 5.45. The monoisotopic (exact) mass is 291 g/mol. The number of amides is 1.